The smallest absolute Gasteiger partial charge is 0.211 e. The molecule has 96 valence electrons. The molecule has 0 aliphatic rings. The Labute approximate surface area is 119 Å². The van der Waals surface area contributed by atoms with Gasteiger partial charge >= 0.3 is 0 Å². The number of nitrogens with zero attached hydrogens (tertiary/aromatic N) is 1. The third-order valence-electron chi connectivity index (χ3n) is 3.00. The summed E-state index contributed by atoms with van der Waals surface area (Å²) in [5.74, 6) is 1.31. The summed E-state index contributed by atoms with van der Waals surface area (Å²) in [6.45, 7) is 1.85. The largest absolute Gasteiger partial charge is 0.439 e. The highest BCUT2D eigenvalue weighted by atomic mass is 79.9. The molecule has 0 amide bonds. The lowest BCUT2D eigenvalue weighted by Gasteiger charge is -2.02. The average molecular weight is 317 g/mol. The van der Waals surface area contributed by atoms with Crippen molar-refractivity contribution >= 4 is 26.7 Å². The van der Waals surface area contributed by atoms with Crippen molar-refractivity contribution in [3.05, 3.63) is 53.0 Å². The van der Waals surface area contributed by atoms with Gasteiger partial charge in [0.25, 0.3) is 0 Å². The Balaban J connectivity index is 2.07. The summed E-state index contributed by atoms with van der Waals surface area (Å²) in [4.78, 5) is 4.19. The zero-order valence-corrected chi connectivity index (χ0v) is 12.0. The lowest BCUT2D eigenvalue weighted by atomic mass is 10.1. The summed E-state index contributed by atoms with van der Waals surface area (Å²) in [6.07, 6.45) is 1.72. The molecule has 0 spiro atoms. The first-order chi connectivity index (χ1) is 9.13. The van der Waals surface area contributed by atoms with Crippen LogP contribution in [-0.2, 0) is 0 Å². The molecule has 4 heteroatoms. The van der Waals surface area contributed by atoms with Gasteiger partial charge in [-0.3, -0.25) is 0 Å². The van der Waals surface area contributed by atoms with Gasteiger partial charge in [-0.2, -0.15) is 0 Å². The van der Waals surface area contributed by atoms with Crippen LogP contribution in [0.1, 0.15) is 18.9 Å². The predicted octanol–water partition coefficient (Wildman–Crippen LogP) is 4.28. The SMILES string of the molecule is CC(N)c1ncc(-c2ccc3cc(Br)ccc3c2)o1. The van der Waals surface area contributed by atoms with Crippen molar-refractivity contribution in [1.82, 2.24) is 4.98 Å². The van der Waals surface area contributed by atoms with Crippen LogP contribution in [0.25, 0.3) is 22.1 Å². The van der Waals surface area contributed by atoms with Crippen molar-refractivity contribution in [2.75, 3.05) is 0 Å². The van der Waals surface area contributed by atoms with Crippen molar-refractivity contribution in [3.8, 4) is 11.3 Å². The number of nitrogens with two attached hydrogens (primary N) is 1. The molecule has 19 heavy (non-hydrogen) atoms. The second kappa shape index (κ2) is 4.79. The number of hydrogen-bond acceptors (Lipinski definition) is 3. The molecular weight excluding hydrogens is 304 g/mol. The van der Waals surface area contributed by atoms with Crippen LogP contribution in [0.5, 0.6) is 0 Å². The van der Waals surface area contributed by atoms with Gasteiger partial charge in [-0.1, -0.05) is 34.1 Å². The molecule has 0 radical (unpaired) electrons. The van der Waals surface area contributed by atoms with Gasteiger partial charge in [-0.15, -0.1) is 0 Å². The van der Waals surface area contributed by atoms with E-state index in [1.165, 1.54) is 10.8 Å². The summed E-state index contributed by atoms with van der Waals surface area (Å²) < 4.78 is 6.73. The highest BCUT2D eigenvalue weighted by Crippen LogP contribution is 2.27. The molecule has 2 N–H and O–H groups in total. The van der Waals surface area contributed by atoms with E-state index in [1.807, 2.05) is 19.1 Å². The predicted molar refractivity (Wildman–Crippen MR) is 79.7 cm³/mol. The molecule has 1 heterocycles. The van der Waals surface area contributed by atoms with E-state index in [0.29, 0.717) is 5.89 Å². The van der Waals surface area contributed by atoms with Crippen LogP contribution in [0, 0.1) is 0 Å². The number of oxazole rings is 1. The van der Waals surface area contributed by atoms with Gasteiger partial charge in [0.1, 0.15) is 0 Å². The van der Waals surface area contributed by atoms with Crippen LogP contribution in [0.15, 0.2) is 51.5 Å². The van der Waals surface area contributed by atoms with E-state index in [-0.39, 0.29) is 6.04 Å². The summed E-state index contributed by atoms with van der Waals surface area (Å²) in [5, 5.41) is 2.35. The Kier molecular flexibility index (Phi) is 3.12. The number of halogens is 1. The molecule has 0 saturated carbocycles. The quantitative estimate of drug-likeness (QED) is 0.767. The van der Waals surface area contributed by atoms with Crippen molar-refractivity contribution in [3.63, 3.8) is 0 Å². The van der Waals surface area contributed by atoms with Crippen molar-refractivity contribution < 1.29 is 4.42 Å². The van der Waals surface area contributed by atoms with Crippen molar-refractivity contribution in [2.45, 2.75) is 13.0 Å². The average Bonchev–Trinajstić information content (AvgIpc) is 2.88. The van der Waals surface area contributed by atoms with Gasteiger partial charge < -0.3 is 10.2 Å². The molecule has 1 unspecified atom stereocenters. The van der Waals surface area contributed by atoms with Crippen LogP contribution in [0.3, 0.4) is 0 Å². The summed E-state index contributed by atoms with van der Waals surface area (Å²) in [7, 11) is 0. The third-order valence-corrected chi connectivity index (χ3v) is 3.49. The lowest BCUT2D eigenvalue weighted by molar-refractivity contribution is 0.474. The second-order valence-electron chi connectivity index (χ2n) is 4.56. The van der Waals surface area contributed by atoms with Gasteiger partial charge in [-0.05, 0) is 35.9 Å². The molecule has 0 bridgehead atoms. The van der Waals surface area contributed by atoms with Crippen LogP contribution in [-0.4, -0.2) is 4.98 Å². The number of rotatable bonds is 2. The van der Waals surface area contributed by atoms with E-state index in [2.05, 4.69) is 45.2 Å². The van der Waals surface area contributed by atoms with E-state index in [0.717, 1.165) is 15.8 Å². The Morgan fingerprint density at radius 3 is 2.63 bits per heavy atom. The number of hydrogen-bond donors (Lipinski definition) is 1. The molecule has 0 aliphatic heterocycles. The Morgan fingerprint density at radius 1 is 1.16 bits per heavy atom. The summed E-state index contributed by atoms with van der Waals surface area (Å²) in [6, 6.07) is 12.2. The molecule has 3 rings (SSSR count). The van der Waals surface area contributed by atoms with Crippen LogP contribution >= 0.6 is 15.9 Å². The van der Waals surface area contributed by atoms with Gasteiger partial charge in [0.2, 0.25) is 5.89 Å². The van der Waals surface area contributed by atoms with E-state index >= 15 is 0 Å². The fourth-order valence-electron chi connectivity index (χ4n) is 2.00. The van der Waals surface area contributed by atoms with Crippen LogP contribution in [0.4, 0.5) is 0 Å². The van der Waals surface area contributed by atoms with E-state index in [9.17, 15) is 0 Å². The molecule has 1 atom stereocenters. The van der Waals surface area contributed by atoms with E-state index in [4.69, 9.17) is 10.2 Å². The molecule has 0 aliphatic carbocycles. The highest BCUT2D eigenvalue weighted by Gasteiger charge is 2.10. The number of aromatic nitrogens is 1. The van der Waals surface area contributed by atoms with E-state index < -0.39 is 0 Å². The highest BCUT2D eigenvalue weighted by molar-refractivity contribution is 9.10. The zero-order chi connectivity index (χ0) is 13.4. The Hall–Kier alpha value is -1.65. The van der Waals surface area contributed by atoms with Gasteiger partial charge in [0, 0.05) is 10.0 Å². The summed E-state index contributed by atoms with van der Waals surface area (Å²) in [5.41, 5.74) is 6.76. The molecule has 3 aromatic rings. The first-order valence-corrected chi connectivity index (χ1v) is 6.84. The Bertz CT molecular complexity index is 734. The normalized spacial score (nSPS) is 12.8. The van der Waals surface area contributed by atoms with Gasteiger partial charge in [-0.25, -0.2) is 4.98 Å². The van der Waals surface area contributed by atoms with Crippen molar-refractivity contribution in [1.29, 1.82) is 0 Å². The fraction of sp³-hybridized carbons (Fsp3) is 0.133. The fourth-order valence-corrected chi connectivity index (χ4v) is 2.38. The topological polar surface area (TPSA) is 52.0 Å². The van der Waals surface area contributed by atoms with Crippen LogP contribution in [0.2, 0.25) is 0 Å². The van der Waals surface area contributed by atoms with Crippen molar-refractivity contribution in [2.24, 2.45) is 5.73 Å². The monoisotopic (exact) mass is 316 g/mol. The van der Waals surface area contributed by atoms with E-state index in [1.54, 1.807) is 6.20 Å². The molecule has 0 saturated heterocycles. The molecule has 1 aromatic heterocycles. The molecule has 3 nitrogen and oxygen atoms in total. The van der Waals surface area contributed by atoms with Crippen LogP contribution < -0.4 is 5.73 Å². The minimum Gasteiger partial charge on any atom is -0.439 e. The first-order valence-electron chi connectivity index (χ1n) is 6.04. The Morgan fingerprint density at radius 2 is 1.89 bits per heavy atom. The molecule has 0 fully saturated rings. The maximum Gasteiger partial charge on any atom is 0.211 e. The second-order valence-corrected chi connectivity index (χ2v) is 5.47. The van der Waals surface area contributed by atoms with Gasteiger partial charge in [0.15, 0.2) is 5.76 Å². The minimum absolute atomic E-state index is 0.190. The maximum absolute atomic E-state index is 5.75. The standard InChI is InChI=1S/C15H13BrN2O/c1-9(17)15-18-8-14(19-15)12-3-2-11-7-13(16)5-4-10(11)6-12/h2-9H,17H2,1H3. The lowest BCUT2D eigenvalue weighted by Crippen LogP contribution is -2.04. The molecule has 2 aromatic carbocycles. The minimum atomic E-state index is -0.190. The number of fused-ring (bicyclic) bond motifs is 1. The number of benzene rings is 2. The summed E-state index contributed by atoms with van der Waals surface area (Å²) >= 11 is 3.47. The molecular formula is C15H13BrN2O. The maximum atomic E-state index is 5.75. The van der Waals surface area contributed by atoms with Gasteiger partial charge in [0.05, 0.1) is 12.2 Å². The first kappa shape index (κ1) is 12.4. The third kappa shape index (κ3) is 2.41. The zero-order valence-electron chi connectivity index (χ0n) is 10.4.